The summed E-state index contributed by atoms with van der Waals surface area (Å²) in [5, 5.41) is 3.65. The second kappa shape index (κ2) is 6.17. The molecule has 100 valence electrons. The molecule has 4 unspecified atom stereocenters. The van der Waals surface area contributed by atoms with Crippen LogP contribution in [0.25, 0.3) is 0 Å². The first-order valence-corrected chi connectivity index (χ1v) is 7.29. The molecule has 0 saturated carbocycles. The third-order valence-electron chi connectivity index (χ3n) is 4.38. The molecule has 2 rings (SSSR count). The van der Waals surface area contributed by atoms with Crippen molar-refractivity contribution in [2.75, 3.05) is 26.3 Å². The van der Waals surface area contributed by atoms with Crippen molar-refractivity contribution in [2.45, 2.75) is 58.2 Å². The molecule has 1 N–H and O–H groups in total. The van der Waals surface area contributed by atoms with Crippen molar-refractivity contribution >= 4 is 0 Å². The van der Waals surface area contributed by atoms with E-state index in [2.05, 4.69) is 31.0 Å². The van der Waals surface area contributed by atoms with Gasteiger partial charge in [0.05, 0.1) is 6.61 Å². The van der Waals surface area contributed by atoms with Crippen LogP contribution >= 0.6 is 0 Å². The predicted octanol–water partition coefficient (Wildman–Crippen LogP) is 1.87. The summed E-state index contributed by atoms with van der Waals surface area (Å²) in [4.78, 5) is 2.70. The highest BCUT2D eigenvalue weighted by molar-refractivity contribution is 4.91. The van der Waals surface area contributed by atoms with E-state index in [-0.39, 0.29) is 0 Å². The number of nitrogens with zero attached hydrogens (tertiary/aromatic N) is 1. The monoisotopic (exact) mass is 240 g/mol. The van der Waals surface area contributed by atoms with Gasteiger partial charge in [-0.3, -0.25) is 4.90 Å². The third kappa shape index (κ3) is 3.21. The lowest BCUT2D eigenvalue weighted by Gasteiger charge is -2.46. The summed E-state index contributed by atoms with van der Waals surface area (Å²) in [5.74, 6) is 0.843. The van der Waals surface area contributed by atoms with E-state index in [0.717, 1.165) is 38.1 Å². The number of likely N-dealkylation sites (tertiary alicyclic amines) is 1. The molecule has 0 aromatic heterocycles. The molecule has 3 heteroatoms. The van der Waals surface area contributed by atoms with E-state index in [0.29, 0.717) is 12.1 Å². The maximum atomic E-state index is 5.71. The van der Waals surface area contributed by atoms with Crippen LogP contribution in [0.2, 0.25) is 0 Å². The van der Waals surface area contributed by atoms with Gasteiger partial charge in [-0.2, -0.15) is 0 Å². The minimum absolute atomic E-state index is 0.585. The highest BCUT2D eigenvalue weighted by Gasteiger charge is 2.35. The quantitative estimate of drug-likeness (QED) is 0.815. The second-order valence-corrected chi connectivity index (χ2v) is 5.82. The lowest BCUT2D eigenvalue weighted by atomic mass is 9.90. The van der Waals surface area contributed by atoms with Gasteiger partial charge in [0, 0.05) is 31.3 Å². The number of hydrogen-bond acceptors (Lipinski definition) is 3. The van der Waals surface area contributed by atoms with Crippen LogP contribution in [0.15, 0.2) is 0 Å². The smallest absolute Gasteiger partial charge is 0.0637 e. The Morgan fingerprint density at radius 2 is 2.06 bits per heavy atom. The summed E-state index contributed by atoms with van der Waals surface area (Å²) in [6.45, 7) is 11.1. The third-order valence-corrected chi connectivity index (χ3v) is 4.38. The molecule has 0 spiro atoms. The Morgan fingerprint density at radius 3 is 2.82 bits per heavy atom. The molecule has 0 aliphatic carbocycles. The van der Waals surface area contributed by atoms with Gasteiger partial charge >= 0.3 is 0 Å². The van der Waals surface area contributed by atoms with Crippen molar-refractivity contribution in [1.29, 1.82) is 0 Å². The summed E-state index contributed by atoms with van der Waals surface area (Å²) >= 11 is 0. The van der Waals surface area contributed by atoms with Crippen molar-refractivity contribution in [2.24, 2.45) is 5.92 Å². The SMILES string of the molecule is CCNC1CCOCC1N1CC(C)CCC1C. The van der Waals surface area contributed by atoms with Gasteiger partial charge in [0.25, 0.3) is 0 Å². The number of rotatable bonds is 3. The average Bonchev–Trinajstić information content (AvgIpc) is 2.34. The molecular weight excluding hydrogens is 212 g/mol. The molecule has 4 atom stereocenters. The Bertz CT molecular complexity index is 232. The fraction of sp³-hybridized carbons (Fsp3) is 1.00. The van der Waals surface area contributed by atoms with Crippen molar-refractivity contribution in [3.8, 4) is 0 Å². The summed E-state index contributed by atoms with van der Waals surface area (Å²) in [6, 6.07) is 1.93. The van der Waals surface area contributed by atoms with Gasteiger partial charge in [0.1, 0.15) is 0 Å². The molecule has 0 aromatic carbocycles. The molecule has 2 aliphatic heterocycles. The second-order valence-electron chi connectivity index (χ2n) is 5.82. The highest BCUT2D eigenvalue weighted by Crippen LogP contribution is 2.26. The molecule has 17 heavy (non-hydrogen) atoms. The van der Waals surface area contributed by atoms with E-state index >= 15 is 0 Å². The first-order valence-electron chi connectivity index (χ1n) is 7.29. The van der Waals surface area contributed by atoms with Gasteiger partial charge in [0.15, 0.2) is 0 Å². The van der Waals surface area contributed by atoms with E-state index in [9.17, 15) is 0 Å². The van der Waals surface area contributed by atoms with E-state index in [1.807, 2.05) is 0 Å². The molecule has 0 bridgehead atoms. The number of piperidine rings is 1. The summed E-state index contributed by atoms with van der Waals surface area (Å²) < 4.78 is 5.71. The molecule has 2 aliphatic rings. The molecule has 0 aromatic rings. The normalized spacial score (nSPS) is 40.4. The Morgan fingerprint density at radius 1 is 1.24 bits per heavy atom. The van der Waals surface area contributed by atoms with Crippen LogP contribution in [0.3, 0.4) is 0 Å². The van der Waals surface area contributed by atoms with Crippen molar-refractivity contribution in [1.82, 2.24) is 10.2 Å². The lowest BCUT2D eigenvalue weighted by Crippen LogP contribution is -2.59. The molecule has 2 fully saturated rings. The first kappa shape index (κ1) is 13.3. The molecule has 0 radical (unpaired) electrons. The number of hydrogen-bond donors (Lipinski definition) is 1. The van der Waals surface area contributed by atoms with E-state index in [4.69, 9.17) is 4.74 Å². The first-order chi connectivity index (χ1) is 8.22. The number of likely N-dealkylation sites (N-methyl/N-ethyl adjacent to an activating group) is 1. The van der Waals surface area contributed by atoms with E-state index in [1.54, 1.807) is 0 Å². The van der Waals surface area contributed by atoms with Crippen LogP contribution in [-0.2, 0) is 4.74 Å². The van der Waals surface area contributed by atoms with Gasteiger partial charge in [-0.1, -0.05) is 13.8 Å². The number of nitrogens with one attached hydrogen (secondary N) is 1. The fourth-order valence-corrected chi connectivity index (χ4v) is 3.34. The Labute approximate surface area is 106 Å². The van der Waals surface area contributed by atoms with E-state index < -0.39 is 0 Å². The minimum Gasteiger partial charge on any atom is -0.380 e. The van der Waals surface area contributed by atoms with Crippen molar-refractivity contribution in [3.05, 3.63) is 0 Å². The molecule has 2 saturated heterocycles. The van der Waals surface area contributed by atoms with Crippen LogP contribution < -0.4 is 5.32 Å². The largest absolute Gasteiger partial charge is 0.380 e. The Balaban J connectivity index is 2.01. The van der Waals surface area contributed by atoms with Crippen LogP contribution in [0.1, 0.15) is 40.0 Å². The molecule has 2 heterocycles. The summed E-state index contributed by atoms with van der Waals surface area (Å²) in [7, 11) is 0. The van der Waals surface area contributed by atoms with Gasteiger partial charge in [-0.25, -0.2) is 0 Å². The van der Waals surface area contributed by atoms with Gasteiger partial charge in [-0.05, 0) is 38.6 Å². The Kier molecular flexibility index (Phi) is 4.83. The molecule has 0 amide bonds. The average molecular weight is 240 g/mol. The van der Waals surface area contributed by atoms with Gasteiger partial charge in [-0.15, -0.1) is 0 Å². The number of ether oxygens (including phenoxy) is 1. The van der Waals surface area contributed by atoms with Gasteiger partial charge < -0.3 is 10.1 Å². The highest BCUT2D eigenvalue weighted by atomic mass is 16.5. The standard InChI is InChI=1S/C14H28N2O/c1-4-15-13-7-8-17-10-14(13)16-9-11(2)5-6-12(16)3/h11-15H,4-10H2,1-3H3. The topological polar surface area (TPSA) is 24.5 Å². The van der Waals surface area contributed by atoms with Crippen LogP contribution in [0.5, 0.6) is 0 Å². The minimum atomic E-state index is 0.585. The van der Waals surface area contributed by atoms with Crippen molar-refractivity contribution < 1.29 is 4.74 Å². The van der Waals surface area contributed by atoms with Crippen LogP contribution in [-0.4, -0.2) is 49.3 Å². The summed E-state index contributed by atoms with van der Waals surface area (Å²) in [5.41, 5.74) is 0. The summed E-state index contributed by atoms with van der Waals surface area (Å²) in [6.07, 6.45) is 3.89. The van der Waals surface area contributed by atoms with Crippen LogP contribution in [0.4, 0.5) is 0 Å². The predicted molar refractivity (Wildman–Crippen MR) is 71.3 cm³/mol. The zero-order valence-corrected chi connectivity index (χ0v) is 11.6. The van der Waals surface area contributed by atoms with Gasteiger partial charge in [0.2, 0.25) is 0 Å². The fourth-order valence-electron chi connectivity index (χ4n) is 3.34. The molecule has 3 nitrogen and oxygen atoms in total. The van der Waals surface area contributed by atoms with E-state index in [1.165, 1.54) is 19.4 Å². The Hall–Kier alpha value is -0.120. The van der Waals surface area contributed by atoms with Crippen LogP contribution in [0, 0.1) is 5.92 Å². The maximum absolute atomic E-state index is 5.71. The zero-order chi connectivity index (χ0) is 12.3. The zero-order valence-electron chi connectivity index (χ0n) is 11.6. The van der Waals surface area contributed by atoms with Crippen molar-refractivity contribution in [3.63, 3.8) is 0 Å². The lowest BCUT2D eigenvalue weighted by molar-refractivity contribution is -0.0345. The molecular formula is C14H28N2O. The maximum Gasteiger partial charge on any atom is 0.0637 e.